The number of aromatic nitrogens is 2. The highest BCUT2D eigenvalue weighted by Crippen LogP contribution is 2.22. The van der Waals surface area contributed by atoms with Gasteiger partial charge in [-0.2, -0.15) is 5.10 Å². The summed E-state index contributed by atoms with van der Waals surface area (Å²) in [5.74, 6) is -0.185. The Morgan fingerprint density at radius 2 is 2.30 bits per heavy atom. The first kappa shape index (κ1) is 13.8. The van der Waals surface area contributed by atoms with E-state index in [4.69, 9.17) is 17.3 Å². The summed E-state index contributed by atoms with van der Waals surface area (Å²) in [5, 5.41) is 19.6. The van der Waals surface area contributed by atoms with Crippen molar-refractivity contribution < 1.29 is 9.72 Å². The van der Waals surface area contributed by atoms with Gasteiger partial charge in [0, 0.05) is 24.2 Å². The van der Waals surface area contributed by atoms with E-state index in [1.54, 1.807) is 0 Å². The first-order valence-electron chi connectivity index (χ1n) is 5.49. The van der Waals surface area contributed by atoms with Crippen LogP contribution in [0.4, 0.5) is 11.5 Å². The zero-order valence-electron chi connectivity index (χ0n) is 10.1. The van der Waals surface area contributed by atoms with Crippen LogP contribution in [0.1, 0.15) is 15.9 Å². The van der Waals surface area contributed by atoms with Crippen molar-refractivity contribution in [3.05, 3.63) is 50.7 Å². The molecule has 2 rings (SSSR count). The molecule has 104 valence electrons. The van der Waals surface area contributed by atoms with E-state index < -0.39 is 10.8 Å². The first-order chi connectivity index (χ1) is 9.49. The lowest BCUT2D eigenvalue weighted by Crippen LogP contribution is -2.23. The molecule has 1 heterocycles. The number of non-ortho nitro benzene ring substituents is 1. The molecule has 0 saturated carbocycles. The number of amides is 1. The van der Waals surface area contributed by atoms with Gasteiger partial charge in [0.1, 0.15) is 5.82 Å². The molecule has 0 atom stereocenters. The summed E-state index contributed by atoms with van der Waals surface area (Å²) >= 11 is 5.86. The van der Waals surface area contributed by atoms with Crippen LogP contribution in [0.2, 0.25) is 5.02 Å². The highest BCUT2D eigenvalue weighted by Gasteiger charge is 2.16. The van der Waals surface area contributed by atoms with Crippen LogP contribution in [0.3, 0.4) is 0 Å². The van der Waals surface area contributed by atoms with Crippen molar-refractivity contribution >= 4 is 29.0 Å². The second-order valence-corrected chi connectivity index (χ2v) is 4.32. The van der Waals surface area contributed by atoms with Crippen LogP contribution in [-0.4, -0.2) is 21.0 Å². The van der Waals surface area contributed by atoms with E-state index >= 15 is 0 Å². The molecule has 9 heteroatoms. The van der Waals surface area contributed by atoms with Crippen molar-refractivity contribution in [1.29, 1.82) is 0 Å². The number of nitrogens with one attached hydrogen (secondary N) is 2. The van der Waals surface area contributed by atoms with Gasteiger partial charge in [0.25, 0.3) is 11.6 Å². The molecular formula is C11H10ClN5O3. The number of nitro groups is 1. The number of benzene rings is 1. The van der Waals surface area contributed by atoms with Gasteiger partial charge in [-0.3, -0.25) is 20.0 Å². The summed E-state index contributed by atoms with van der Waals surface area (Å²) < 4.78 is 0. The number of nitro benzene ring substituents is 1. The third-order valence-electron chi connectivity index (χ3n) is 2.60. The molecule has 8 nitrogen and oxygen atoms in total. The Labute approximate surface area is 118 Å². The topological polar surface area (TPSA) is 127 Å². The molecule has 2 aromatic rings. The van der Waals surface area contributed by atoms with Crippen LogP contribution >= 0.6 is 11.6 Å². The van der Waals surface area contributed by atoms with E-state index in [9.17, 15) is 14.9 Å². The van der Waals surface area contributed by atoms with Gasteiger partial charge < -0.3 is 11.1 Å². The highest BCUT2D eigenvalue weighted by molar-refractivity contribution is 6.33. The molecule has 0 fully saturated rings. The van der Waals surface area contributed by atoms with Gasteiger partial charge in [-0.1, -0.05) is 11.6 Å². The summed E-state index contributed by atoms with van der Waals surface area (Å²) in [6.45, 7) is 0.139. The zero-order valence-corrected chi connectivity index (χ0v) is 10.8. The predicted octanol–water partition coefficient (Wildman–Crippen LogP) is 1.48. The maximum Gasteiger partial charge on any atom is 0.270 e. The van der Waals surface area contributed by atoms with Gasteiger partial charge in [-0.05, 0) is 6.07 Å². The Kier molecular flexibility index (Phi) is 3.85. The molecule has 4 N–H and O–H groups in total. The minimum Gasteiger partial charge on any atom is -0.384 e. The molecule has 1 aromatic heterocycles. The normalized spacial score (nSPS) is 10.2. The molecule has 0 spiro atoms. The molecule has 0 saturated heterocycles. The van der Waals surface area contributed by atoms with E-state index in [1.807, 2.05) is 0 Å². The summed E-state index contributed by atoms with van der Waals surface area (Å²) in [7, 11) is 0. The average molecular weight is 296 g/mol. The SMILES string of the molecule is Nc1[nH]ncc1CNC(=O)c1cc([N+](=O)[O-])ccc1Cl. The van der Waals surface area contributed by atoms with Gasteiger partial charge >= 0.3 is 0 Å². The number of hydrogen-bond donors (Lipinski definition) is 3. The number of nitrogen functional groups attached to an aromatic ring is 1. The number of nitrogens with two attached hydrogens (primary N) is 1. The largest absolute Gasteiger partial charge is 0.384 e. The number of halogens is 1. The third-order valence-corrected chi connectivity index (χ3v) is 2.93. The number of carbonyl (C=O) groups is 1. The van der Waals surface area contributed by atoms with Crippen LogP contribution in [0.25, 0.3) is 0 Å². The van der Waals surface area contributed by atoms with Gasteiger partial charge in [-0.25, -0.2) is 0 Å². The Bertz CT molecular complexity index is 670. The van der Waals surface area contributed by atoms with Gasteiger partial charge in [0.15, 0.2) is 0 Å². The van der Waals surface area contributed by atoms with Crippen molar-refractivity contribution in [3.8, 4) is 0 Å². The zero-order chi connectivity index (χ0) is 14.7. The second-order valence-electron chi connectivity index (χ2n) is 3.91. The van der Waals surface area contributed by atoms with Gasteiger partial charge in [0.05, 0.1) is 21.7 Å². The fraction of sp³-hybridized carbons (Fsp3) is 0.0909. The quantitative estimate of drug-likeness (QED) is 0.581. The van der Waals surface area contributed by atoms with Gasteiger partial charge in [-0.15, -0.1) is 0 Å². The third kappa shape index (κ3) is 2.86. The lowest BCUT2D eigenvalue weighted by molar-refractivity contribution is -0.384. The molecule has 0 aliphatic carbocycles. The highest BCUT2D eigenvalue weighted by atomic mass is 35.5. The lowest BCUT2D eigenvalue weighted by Gasteiger charge is -2.06. The Morgan fingerprint density at radius 1 is 1.55 bits per heavy atom. The predicted molar refractivity (Wildman–Crippen MR) is 72.3 cm³/mol. The number of hydrogen-bond acceptors (Lipinski definition) is 5. The summed E-state index contributed by atoms with van der Waals surface area (Å²) in [5.41, 5.74) is 6.01. The van der Waals surface area contributed by atoms with E-state index in [-0.39, 0.29) is 22.8 Å². The van der Waals surface area contributed by atoms with E-state index in [2.05, 4.69) is 15.5 Å². The van der Waals surface area contributed by atoms with Crippen LogP contribution in [0, 0.1) is 10.1 Å². The van der Waals surface area contributed by atoms with Crippen molar-refractivity contribution in [2.45, 2.75) is 6.54 Å². The Balaban J connectivity index is 2.15. The smallest absolute Gasteiger partial charge is 0.270 e. The van der Waals surface area contributed by atoms with Crippen LogP contribution < -0.4 is 11.1 Å². The summed E-state index contributed by atoms with van der Waals surface area (Å²) in [4.78, 5) is 22.0. The molecule has 20 heavy (non-hydrogen) atoms. The fourth-order valence-corrected chi connectivity index (χ4v) is 1.74. The minimum atomic E-state index is -0.596. The van der Waals surface area contributed by atoms with Crippen molar-refractivity contribution in [1.82, 2.24) is 15.5 Å². The molecule has 1 aromatic carbocycles. The van der Waals surface area contributed by atoms with Gasteiger partial charge in [0.2, 0.25) is 0 Å². The summed E-state index contributed by atoms with van der Waals surface area (Å²) in [6.07, 6.45) is 1.48. The van der Waals surface area contributed by atoms with Crippen LogP contribution in [-0.2, 0) is 6.54 Å². The van der Waals surface area contributed by atoms with E-state index in [0.29, 0.717) is 11.4 Å². The molecule has 1 amide bonds. The number of H-pyrrole nitrogens is 1. The maximum atomic E-state index is 12.0. The fourth-order valence-electron chi connectivity index (χ4n) is 1.53. The molecule has 0 aliphatic heterocycles. The Morgan fingerprint density at radius 3 is 2.90 bits per heavy atom. The van der Waals surface area contributed by atoms with Crippen LogP contribution in [0.15, 0.2) is 24.4 Å². The van der Waals surface area contributed by atoms with Crippen LogP contribution in [0.5, 0.6) is 0 Å². The molecule has 0 radical (unpaired) electrons. The molecular weight excluding hydrogens is 286 g/mol. The van der Waals surface area contributed by atoms with Crippen molar-refractivity contribution in [2.75, 3.05) is 5.73 Å². The first-order valence-corrected chi connectivity index (χ1v) is 5.86. The number of anilines is 1. The molecule has 0 aliphatic rings. The maximum absolute atomic E-state index is 12.0. The van der Waals surface area contributed by atoms with E-state index in [0.717, 1.165) is 6.07 Å². The monoisotopic (exact) mass is 295 g/mol. The molecule has 0 bridgehead atoms. The lowest BCUT2D eigenvalue weighted by atomic mass is 10.2. The number of aromatic amines is 1. The van der Waals surface area contributed by atoms with Crippen molar-refractivity contribution in [2.24, 2.45) is 0 Å². The molecule has 0 unspecified atom stereocenters. The van der Waals surface area contributed by atoms with Crippen molar-refractivity contribution in [3.63, 3.8) is 0 Å². The van der Waals surface area contributed by atoms with E-state index in [1.165, 1.54) is 18.3 Å². The Hall–Kier alpha value is -2.61. The second kappa shape index (κ2) is 5.57. The number of rotatable bonds is 4. The standard InChI is InChI=1S/C11H10ClN5O3/c12-9-2-1-7(17(19)20)3-8(9)11(18)14-4-6-5-15-16-10(6)13/h1-3,5H,4H2,(H,14,18)(H3,13,15,16). The number of carbonyl (C=O) groups excluding carboxylic acids is 1. The average Bonchev–Trinajstić information content (AvgIpc) is 2.81. The number of nitrogens with zero attached hydrogens (tertiary/aromatic N) is 2. The summed E-state index contributed by atoms with van der Waals surface area (Å²) in [6, 6.07) is 3.66. The minimum absolute atomic E-state index is 0.0305.